The van der Waals surface area contributed by atoms with Crippen molar-refractivity contribution in [2.75, 3.05) is 0 Å². The Hall–Kier alpha value is -2.30. The number of aryl methyl sites for hydroxylation is 2. The summed E-state index contributed by atoms with van der Waals surface area (Å²) in [4.78, 5) is 14.3. The van der Waals surface area contributed by atoms with E-state index >= 15 is 0 Å². The van der Waals surface area contributed by atoms with Gasteiger partial charge in [0.1, 0.15) is 12.0 Å². The molecule has 0 aliphatic heterocycles. The van der Waals surface area contributed by atoms with E-state index in [0.29, 0.717) is 5.75 Å². The molecule has 0 fully saturated rings. The molecule has 0 amide bonds. The van der Waals surface area contributed by atoms with E-state index in [1.54, 1.807) is 0 Å². The van der Waals surface area contributed by atoms with E-state index in [2.05, 4.69) is 4.98 Å². The number of benzene rings is 1. The molecule has 0 saturated heterocycles. The van der Waals surface area contributed by atoms with E-state index in [-0.39, 0.29) is 11.8 Å². The molecular formula is C12H11NO4. The second-order valence-electron chi connectivity index (χ2n) is 3.73. The minimum absolute atomic E-state index is 0.0765. The lowest BCUT2D eigenvalue weighted by Gasteiger charge is -2.03. The third-order valence-electron chi connectivity index (χ3n) is 2.10. The smallest absolute Gasteiger partial charge is 0.399 e. The topological polar surface area (TPSA) is 72.6 Å². The number of carboxylic acids is 1. The number of nitrogens with zero attached hydrogens (tertiary/aromatic N) is 1. The third kappa shape index (κ3) is 2.63. The number of carboxylic acid groups (broad SMARTS) is 1. The molecule has 1 heterocycles. The standard InChI is InChI=1S/C12H11NO4/c1-7-3-8(2)5-9(4-7)17-12-13-10(6-16-12)11(14)15/h3-6H,1-2H3,(H,14,15). The predicted molar refractivity (Wildman–Crippen MR) is 59.5 cm³/mol. The Kier molecular flexibility index (Phi) is 2.82. The molecule has 17 heavy (non-hydrogen) atoms. The lowest BCUT2D eigenvalue weighted by atomic mass is 10.1. The SMILES string of the molecule is Cc1cc(C)cc(Oc2nc(C(=O)O)co2)c1. The van der Waals surface area contributed by atoms with E-state index in [0.717, 1.165) is 17.4 Å². The van der Waals surface area contributed by atoms with Crippen molar-refractivity contribution in [1.82, 2.24) is 4.98 Å². The summed E-state index contributed by atoms with van der Waals surface area (Å²) in [6.45, 7) is 3.89. The van der Waals surface area contributed by atoms with Crippen LogP contribution in [0.3, 0.4) is 0 Å². The van der Waals surface area contributed by atoms with Crippen molar-refractivity contribution in [2.45, 2.75) is 13.8 Å². The Bertz CT molecular complexity index is 539. The van der Waals surface area contributed by atoms with Crippen LogP contribution >= 0.6 is 0 Å². The molecule has 0 aliphatic carbocycles. The molecule has 5 heteroatoms. The highest BCUT2D eigenvalue weighted by Gasteiger charge is 2.12. The average Bonchev–Trinajstić information content (AvgIpc) is 2.64. The average molecular weight is 233 g/mol. The Balaban J connectivity index is 2.22. The van der Waals surface area contributed by atoms with Gasteiger partial charge < -0.3 is 14.3 Å². The summed E-state index contributed by atoms with van der Waals surface area (Å²) < 4.78 is 10.2. The van der Waals surface area contributed by atoms with Crippen LogP contribution in [0, 0.1) is 13.8 Å². The maximum absolute atomic E-state index is 10.6. The highest BCUT2D eigenvalue weighted by atomic mass is 16.6. The summed E-state index contributed by atoms with van der Waals surface area (Å²) in [6, 6.07) is 5.64. The van der Waals surface area contributed by atoms with Crippen LogP contribution in [-0.2, 0) is 0 Å². The number of ether oxygens (including phenoxy) is 1. The summed E-state index contributed by atoms with van der Waals surface area (Å²) in [5, 5.41) is 8.67. The van der Waals surface area contributed by atoms with Gasteiger partial charge in [0.15, 0.2) is 5.69 Å². The van der Waals surface area contributed by atoms with E-state index in [1.807, 2.05) is 32.0 Å². The predicted octanol–water partition coefficient (Wildman–Crippen LogP) is 2.78. The Labute approximate surface area is 97.7 Å². The minimum Gasteiger partial charge on any atom is -0.476 e. The molecule has 88 valence electrons. The van der Waals surface area contributed by atoms with E-state index in [1.165, 1.54) is 0 Å². The second kappa shape index (κ2) is 4.29. The highest BCUT2D eigenvalue weighted by molar-refractivity contribution is 5.84. The van der Waals surface area contributed by atoms with Crippen molar-refractivity contribution in [1.29, 1.82) is 0 Å². The van der Waals surface area contributed by atoms with Gasteiger partial charge in [-0.25, -0.2) is 4.79 Å². The van der Waals surface area contributed by atoms with Crippen LogP contribution < -0.4 is 4.74 Å². The Morgan fingerprint density at radius 1 is 1.29 bits per heavy atom. The van der Waals surface area contributed by atoms with Gasteiger partial charge in [-0.1, -0.05) is 6.07 Å². The first-order valence-electron chi connectivity index (χ1n) is 4.99. The quantitative estimate of drug-likeness (QED) is 0.882. The second-order valence-corrected chi connectivity index (χ2v) is 3.73. The molecule has 1 aromatic carbocycles. The van der Waals surface area contributed by atoms with Gasteiger partial charge in [-0.2, -0.15) is 4.98 Å². The molecule has 0 saturated carbocycles. The molecule has 0 radical (unpaired) electrons. The molecule has 0 aliphatic rings. The van der Waals surface area contributed by atoms with Crippen LogP contribution in [0.15, 0.2) is 28.9 Å². The van der Waals surface area contributed by atoms with Crippen LogP contribution in [0.1, 0.15) is 21.6 Å². The number of oxazole rings is 1. The van der Waals surface area contributed by atoms with Gasteiger partial charge in [0, 0.05) is 0 Å². The number of hydrogen-bond acceptors (Lipinski definition) is 4. The van der Waals surface area contributed by atoms with Crippen LogP contribution in [-0.4, -0.2) is 16.1 Å². The fourth-order valence-corrected chi connectivity index (χ4v) is 1.50. The highest BCUT2D eigenvalue weighted by Crippen LogP contribution is 2.23. The molecule has 5 nitrogen and oxygen atoms in total. The monoisotopic (exact) mass is 233 g/mol. The van der Waals surface area contributed by atoms with Gasteiger partial charge in [0.05, 0.1) is 0 Å². The van der Waals surface area contributed by atoms with Gasteiger partial charge >= 0.3 is 12.0 Å². The summed E-state index contributed by atoms with van der Waals surface area (Å²) in [7, 11) is 0. The lowest BCUT2D eigenvalue weighted by molar-refractivity contribution is 0.0690. The zero-order valence-electron chi connectivity index (χ0n) is 9.43. The maximum Gasteiger partial charge on any atom is 0.399 e. The fraction of sp³-hybridized carbons (Fsp3) is 0.167. The summed E-state index contributed by atoms with van der Waals surface area (Å²) in [5.74, 6) is -0.578. The normalized spacial score (nSPS) is 10.2. The Morgan fingerprint density at radius 3 is 2.47 bits per heavy atom. The van der Waals surface area contributed by atoms with Crippen LogP contribution in [0.2, 0.25) is 0 Å². The number of carbonyl (C=O) groups is 1. The fourth-order valence-electron chi connectivity index (χ4n) is 1.50. The van der Waals surface area contributed by atoms with Crippen molar-refractivity contribution >= 4 is 5.97 Å². The number of aromatic carboxylic acids is 1. The largest absolute Gasteiger partial charge is 0.476 e. The summed E-state index contributed by atoms with van der Waals surface area (Å²) in [5.41, 5.74) is 1.92. The first-order valence-corrected chi connectivity index (χ1v) is 4.99. The number of hydrogen-bond donors (Lipinski definition) is 1. The van der Waals surface area contributed by atoms with Gasteiger partial charge in [0.25, 0.3) is 0 Å². The maximum atomic E-state index is 10.6. The third-order valence-corrected chi connectivity index (χ3v) is 2.10. The van der Waals surface area contributed by atoms with Gasteiger partial charge in [0.2, 0.25) is 0 Å². The number of rotatable bonds is 3. The summed E-state index contributed by atoms with van der Waals surface area (Å²) in [6.07, 6.45) is 0.966. The molecule has 1 aromatic heterocycles. The zero-order chi connectivity index (χ0) is 12.4. The number of aromatic nitrogens is 1. The zero-order valence-corrected chi connectivity index (χ0v) is 9.43. The van der Waals surface area contributed by atoms with Crippen molar-refractivity contribution in [3.05, 3.63) is 41.3 Å². The molecule has 0 atom stereocenters. The molecular weight excluding hydrogens is 222 g/mol. The van der Waals surface area contributed by atoms with Crippen LogP contribution in [0.5, 0.6) is 11.8 Å². The van der Waals surface area contributed by atoms with Gasteiger partial charge in [-0.15, -0.1) is 0 Å². The molecule has 1 N–H and O–H groups in total. The van der Waals surface area contributed by atoms with Crippen molar-refractivity contribution in [3.63, 3.8) is 0 Å². The molecule has 2 aromatic rings. The van der Waals surface area contributed by atoms with Gasteiger partial charge in [-0.05, 0) is 37.1 Å². The van der Waals surface area contributed by atoms with Crippen molar-refractivity contribution in [3.8, 4) is 11.8 Å². The first kappa shape index (κ1) is 11.2. The van der Waals surface area contributed by atoms with Crippen molar-refractivity contribution < 1.29 is 19.1 Å². The molecule has 0 unspecified atom stereocenters. The van der Waals surface area contributed by atoms with Crippen LogP contribution in [0.4, 0.5) is 0 Å². The molecule has 0 bridgehead atoms. The first-order chi connectivity index (χ1) is 8.04. The molecule has 0 spiro atoms. The lowest BCUT2D eigenvalue weighted by Crippen LogP contribution is -1.95. The van der Waals surface area contributed by atoms with Crippen molar-refractivity contribution in [2.24, 2.45) is 0 Å². The minimum atomic E-state index is -1.15. The Morgan fingerprint density at radius 2 is 1.94 bits per heavy atom. The van der Waals surface area contributed by atoms with Crippen LogP contribution in [0.25, 0.3) is 0 Å². The van der Waals surface area contributed by atoms with E-state index in [9.17, 15) is 4.79 Å². The summed E-state index contributed by atoms with van der Waals surface area (Å²) >= 11 is 0. The molecule has 2 rings (SSSR count). The van der Waals surface area contributed by atoms with E-state index in [4.69, 9.17) is 14.3 Å². The van der Waals surface area contributed by atoms with Gasteiger partial charge in [-0.3, -0.25) is 0 Å². The van der Waals surface area contributed by atoms with E-state index < -0.39 is 5.97 Å².